The van der Waals surface area contributed by atoms with Gasteiger partial charge in [-0.1, -0.05) is 132 Å². The fraction of sp³-hybridized carbons (Fsp3) is 0.288. The number of fused-ring (bicyclic) bond motifs is 12. The first-order valence-electron chi connectivity index (χ1n) is 23.3. The molecule has 5 heterocycles. The van der Waals surface area contributed by atoms with Crippen molar-refractivity contribution >= 4 is 101 Å². The Hall–Kier alpha value is -6.20. The quantitative estimate of drug-likeness (QED) is 0.154. The van der Waals surface area contributed by atoms with E-state index in [-0.39, 0.29) is 28.4 Å². The molecule has 0 bridgehead atoms. The largest absolute Gasteiger partial charge is 0.456 e. The van der Waals surface area contributed by atoms with Crippen molar-refractivity contribution in [2.45, 2.75) is 112 Å². The molecule has 0 N–H and O–H groups in total. The number of aromatic nitrogens is 1. The summed E-state index contributed by atoms with van der Waals surface area (Å²) in [4.78, 5) is 5.26. The molecule has 318 valence electrons. The van der Waals surface area contributed by atoms with E-state index in [0.29, 0.717) is 0 Å². The molecule has 0 atom stereocenters. The Labute approximate surface area is 378 Å². The first-order valence-corrected chi connectivity index (χ1v) is 23.3. The monoisotopic (exact) mass is 835 g/mol. The van der Waals surface area contributed by atoms with E-state index in [0.717, 1.165) is 27.6 Å². The summed E-state index contributed by atoms with van der Waals surface area (Å²) in [6, 6.07) is 44.7. The normalized spacial score (nSPS) is 14.5. The maximum absolute atomic E-state index is 6.59. The molecule has 12 rings (SSSR count). The molecule has 5 heteroatoms. The first-order chi connectivity index (χ1) is 30.2. The average Bonchev–Trinajstić information content (AvgIpc) is 3.77. The van der Waals surface area contributed by atoms with E-state index in [9.17, 15) is 0 Å². The molecular weight excluding hydrogens is 777 g/mol. The Morgan fingerprint density at radius 1 is 0.438 bits per heavy atom. The first kappa shape index (κ1) is 39.4. The van der Waals surface area contributed by atoms with Crippen LogP contribution in [0.1, 0.15) is 111 Å². The van der Waals surface area contributed by atoms with Gasteiger partial charge in [0.25, 0.3) is 6.71 Å². The Morgan fingerprint density at radius 3 is 1.75 bits per heavy atom. The van der Waals surface area contributed by atoms with Crippen LogP contribution in [0.3, 0.4) is 0 Å². The maximum atomic E-state index is 6.59. The number of para-hydroxylation sites is 1. The number of anilines is 6. The Bertz CT molecular complexity index is 3520. The number of rotatable bonds is 1. The predicted octanol–water partition coefficient (Wildman–Crippen LogP) is 14.6. The molecule has 3 aliphatic rings. The van der Waals surface area contributed by atoms with E-state index in [4.69, 9.17) is 4.42 Å². The van der Waals surface area contributed by atoms with Crippen LogP contribution in [0.15, 0.2) is 120 Å². The molecule has 64 heavy (non-hydrogen) atoms. The number of hydrogen-bond donors (Lipinski definition) is 0. The molecule has 0 saturated carbocycles. The molecule has 0 amide bonds. The Balaban J connectivity index is 1.27. The van der Waals surface area contributed by atoms with Crippen LogP contribution in [0.25, 0.3) is 49.4 Å². The fourth-order valence-electron chi connectivity index (χ4n) is 11.2. The van der Waals surface area contributed by atoms with Gasteiger partial charge >= 0.3 is 0 Å². The molecule has 2 aromatic heterocycles. The molecule has 7 aromatic carbocycles. The van der Waals surface area contributed by atoms with Crippen molar-refractivity contribution in [2.75, 3.05) is 9.80 Å². The average molecular weight is 836 g/mol. The SMILES string of the molecule is Cc1cc2c3c(c1)N1c4c(cc(C(C)(C)C)cc4-n4c5ccc(C(C)(C)C)cc5c5cc(C(C)(C)C)cc1c54)B3c1cc(C(C)(C)C)ccc1N2c1cccc2oc3ccccc3c12. The number of hydrogen-bond acceptors (Lipinski definition) is 3. The lowest BCUT2D eigenvalue weighted by Gasteiger charge is -2.47. The maximum Gasteiger partial charge on any atom is 0.252 e. The zero-order valence-corrected chi connectivity index (χ0v) is 39.8. The van der Waals surface area contributed by atoms with E-state index in [1.165, 1.54) is 100 Å². The topological polar surface area (TPSA) is 24.6 Å². The van der Waals surface area contributed by atoms with Crippen LogP contribution in [-0.2, 0) is 21.7 Å². The summed E-state index contributed by atoms with van der Waals surface area (Å²) < 4.78 is 9.23. The molecule has 0 unspecified atom stereocenters. The molecular formula is C59H58BN3O. The lowest BCUT2D eigenvalue weighted by molar-refractivity contribution is 0.590. The minimum absolute atomic E-state index is 0.0103. The highest BCUT2D eigenvalue weighted by atomic mass is 16.3. The Kier molecular flexibility index (Phi) is 7.72. The van der Waals surface area contributed by atoms with Crippen molar-refractivity contribution < 1.29 is 4.42 Å². The van der Waals surface area contributed by atoms with Gasteiger partial charge in [0.05, 0.1) is 39.2 Å². The van der Waals surface area contributed by atoms with E-state index in [1.54, 1.807) is 0 Å². The van der Waals surface area contributed by atoms with Gasteiger partial charge in [-0.2, -0.15) is 0 Å². The van der Waals surface area contributed by atoms with E-state index in [1.807, 2.05) is 0 Å². The van der Waals surface area contributed by atoms with Gasteiger partial charge < -0.3 is 18.8 Å². The third kappa shape index (κ3) is 5.36. The van der Waals surface area contributed by atoms with Gasteiger partial charge in [-0.25, -0.2) is 0 Å². The summed E-state index contributed by atoms with van der Waals surface area (Å²) in [6.45, 7) is 30.5. The third-order valence-electron chi connectivity index (χ3n) is 14.7. The smallest absolute Gasteiger partial charge is 0.252 e. The lowest BCUT2D eigenvalue weighted by Crippen LogP contribution is -2.62. The standard InChI is InChI=1S/C59H58BN3O/c1-33-25-46-53-47(26-33)63-48-31-36(58(8,9)10)28-40-39-27-34(56(2,3)4)21-23-43(39)62(54(40)48)49-32-37(59(11,12)13)30-42(55(49)63)60(53)41-29-35(57(5,6)7)22-24-44(41)61(46)45-18-16-20-51-52(45)38-17-14-15-19-50(38)64-51/h14-32H,1-13H3. The number of nitrogens with zero attached hydrogens (tertiary/aromatic N) is 3. The number of benzene rings is 7. The zero-order chi connectivity index (χ0) is 44.7. The molecule has 4 nitrogen and oxygen atoms in total. The molecule has 0 radical (unpaired) electrons. The molecule has 0 aliphatic carbocycles. The van der Waals surface area contributed by atoms with Crippen LogP contribution in [0.4, 0.5) is 34.1 Å². The lowest BCUT2D eigenvalue weighted by atomic mass is 9.33. The zero-order valence-electron chi connectivity index (χ0n) is 39.8. The van der Waals surface area contributed by atoms with Gasteiger partial charge in [-0.05, 0) is 140 Å². The second-order valence-corrected chi connectivity index (χ2v) is 23.2. The second-order valence-electron chi connectivity index (χ2n) is 23.2. The van der Waals surface area contributed by atoms with Gasteiger partial charge in [0, 0.05) is 33.2 Å². The van der Waals surface area contributed by atoms with Crippen LogP contribution in [-0.4, -0.2) is 11.3 Å². The predicted molar refractivity (Wildman–Crippen MR) is 275 cm³/mol. The highest BCUT2D eigenvalue weighted by Gasteiger charge is 2.47. The van der Waals surface area contributed by atoms with Gasteiger partial charge in [0.1, 0.15) is 11.2 Å². The molecule has 9 aromatic rings. The molecule has 0 fully saturated rings. The summed E-state index contributed by atoms with van der Waals surface area (Å²) in [5.74, 6) is 0. The van der Waals surface area contributed by atoms with E-state index in [2.05, 4.69) is 220 Å². The van der Waals surface area contributed by atoms with Crippen LogP contribution in [0.5, 0.6) is 0 Å². The molecule has 0 saturated heterocycles. The summed E-state index contributed by atoms with van der Waals surface area (Å²) in [6.07, 6.45) is 0. The van der Waals surface area contributed by atoms with E-state index < -0.39 is 0 Å². The summed E-state index contributed by atoms with van der Waals surface area (Å²) >= 11 is 0. The van der Waals surface area contributed by atoms with Crippen molar-refractivity contribution in [3.05, 3.63) is 143 Å². The Morgan fingerprint density at radius 2 is 1.03 bits per heavy atom. The number of furan rings is 1. The van der Waals surface area contributed by atoms with Crippen LogP contribution in [0.2, 0.25) is 0 Å². The molecule has 0 spiro atoms. The van der Waals surface area contributed by atoms with Crippen LogP contribution < -0.4 is 26.2 Å². The highest BCUT2D eigenvalue weighted by molar-refractivity contribution is 7.00. The molecule has 3 aliphatic heterocycles. The number of aryl methyl sites for hydroxylation is 1. The highest BCUT2D eigenvalue weighted by Crippen LogP contribution is 2.55. The van der Waals surface area contributed by atoms with Gasteiger partial charge in [0.15, 0.2) is 0 Å². The van der Waals surface area contributed by atoms with Gasteiger partial charge in [0.2, 0.25) is 0 Å². The fourth-order valence-corrected chi connectivity index (χ4v) is 11.2. The van der Waals surface area contributed by atoms with Crippen molar-refractivity contribution in [1.82, 2.24) is 4.57 Å². The second kappa shape index (κ2) is 12.5. The summed E-state index contributed by atoms with van der Waals surface area (Å²) in [5.41, 5.74) is 23.5. The summed E-state index contributed by atoms with van der Waals surface area (Å²) in [7, 11) is 0. The van der Waals surface area contributed by atoms with Crippen molar-refractivity contribution in [1.29, 1.82) is 0 Å². The van der Waals surface area contributed by atoms with Crippen molar-refractivity contribution in [3.63, 3.8) is 0 Å². The minimum Gasteiger partial charge on any atom is -0.456 e. The van der Waals surface area contributed by atoms with Gasteiger partial charge in [-0.3, -0.25) is 0 Å². The summed E-state index contributed by atoms with van der Waals surface area (Å²) in [5, 5.41) is 4.92. The van der Waals surface area contributed by atoms with Crippen LogP contribution in [0, 0.1) is 6.92 Å². The van der Waals surface area contributed by atoms with Crippen molar-refractivity contribution in [2.24, 2.45) is 0 Å². The van der Waals surface area contributed by atoms with Crippen LogP contribution >= 0.6 is 0 Å². The van der Waals surface area contributed by atoms with Gasteiger partial charge in [-0.15, -0.1) is 0 Å². The van der Waals surface area contributed by atoms with E-state index >= 15 is 0 Å². The minimum atomic E-state index is -0.0979. The third-order valence-corrected chi connectivity index (χ3v) is 14.7. The van der Waals surface area contributed by atoms with Crippen molar-refractivity contribution in [3.8, 4) is 5.69 Å².